The Morgan fingerprint density at radius 3 is 1.73 bits per heavy atom. The Bertz CT molecular complexity index is 1930. The number of hydrogen-bond donors (Lipinski definition) is 3. The van der Waals surface area contributed by atoms with E-state index in [-0.39, 0.29) is 35.4 Å². The summed E-state index contributed by atoms with van der Waals surface area (Å²) in [7, 11) is 12.5. The van der Waals surface area contributed by atoms with E-state index in [9.17, 15) is 20.3 Å². The van der Waals surface area contributed by atoms with Gasteiger partial charge in [-0.1, -0.05) is 0 Å². The number of amides is 1. The van der Waals surface area contributed by atoms with Crippen LogP contribution in [0.15, 0.2) is 12.1 Å². The van der Waals surface area contributed by atoms with Gasteiger partial charge in [-0.05, 0) is 45.9 Å². The van der Waals surface area contributed by atoms with Gasteiger partial charge in [-0.25, -0.2) is 0 Å². The molecule has 0 spiro atoms. The molecular formula is C38H46N4O10. The molecule has 0 saturated carbocycles. The van der Waals surface area contributed by atoms with Crippen molar-refractivity contribution in [3.05, 3.63) is 51.1 Å². The molecule has 0 unspecified atom stereocenters. The van der Waals surface area contributed by atoms with Crippen LogP contribution >= 0.6 is 0 Å². The first-order chi connectivity index (χ1) is 25.0. The molecule has 1 saturated heterocycles. The second-order valence-corrected chi connectivity index (χ2v) is 13.2. The number of fused-ring (bicyclic) bond motifs is 7. The lowest BCUT2D eigenvalue weighted by Gasteiger charge is -2.60. The number of likely N-dealkylation sites (N-methyl/N-ethyl adjacent to an activating group) is 1. The molecule has 5 atom stereocenters. The molecule has 1 amide bonds. The van der Waals surface area contributed by atoms with Crippen LogP contribution in [-0.2, 0) is 12.8 Å². The second kappa shape index (κ2) is 14.0. The van der Waals surface area contributed by atoms with Gasteiger partial charge in [0.05, 0.1) is 67.9 Å². The highest BCUT2D eigenvalue weighted by atomic mass is 16.5. The van der Waals surface area contributed by atoms with E-state index in [0.29, 0.717) is 75.2 Å². The summed E-state index contributed by atoms with van der Waals surface area (Å²) in [4.78, 5) is 18.1. The summed E-state index contributed by atoms with van der Waals surface area (Å²) in [5.41, 5.74) is 4.22. The van der Waals surface area contributed by atoms with E-state index in [4.69, 9.17) is 33.2 Å². The summed E-state index contributed by atoms with van der Waals surface area (Å²) < 4.78 is 39.7. The van der Waals surface area contributed by atoms with E-state index in [1.165, 1.54) is 35.5 Å². The number of methoxy groups -OCH3 is 7. The number of phenols is 2. The summed E-state index contributed by atoms with van der Waals surface area (Å²) in [6.07, 6.45) is 0.737. The quantitative estimate of drug-likeness (QED) is 0.276. The van der Waals surface area contributed by atoms with Crippen LogP contribution in [0.2, 0.25) is 0 Å². The summed E-state index contributed by atoms with van der Waals surface area (Å²) in [6.45, 7) is 3.64. The van der Waals surface area contributed by atoms with Crippen LogP contribution in [0.5, 0.6) is 51.7 Å². The number of benzene rings is 3. The number of nitrogens with zero attached hydrogens (tertiary/aromatic N) is 3. The molecule has 3 aromatic rings. The zero-order valence-electron chi connectivity index (χ0n) is 31.2. The Labute approximate surface area is 303 Å². The Kier molecular flexibility index (Phi) is 9.87. The van der Waals surface area contributed by atoms with Crippen LogP contribution in [0.4, 0.5) is 0 Å². The first-order valence-corrected chi connectivity index (χ1v) is 16.9. The van der Waals surface area contributed by atoms with Crippen molar-refractivity contribution < 1.29 is 48.2 Å². The van der Waals surface area contributed by atoms with Crippen LogP contribution in [0, 0.1) is 25.2 Å². The van der Waals surface area contributed by atoms with E-state index in [1.54, 1.807) is 26.4 Å². The minimum atomic E-state index is -0.732. The minimum Gasteiger partial charge on any atom is -0.504 e. The van der Waals surface area contributed by atoms with Crippen LogP contribution in [-0.4, -0.2) is 107 Å². The van der Waals surface area contributed by atoms with Crippen LogP contribution in [0.3, 0.4) is 0 Å². The number of aromatic hydroxyl groups is 2. The highest BCUT2D eigenvalue weighted by Gasteiger charge is 2.57. The van der Waals surface area contributed by atoms with E-state index < -0.39 is 30.1 Å². The number of hydrogen-bond acceptors (Lipinski definition) is 13. The second-order valence-electron chi connectivity index (χ2n) is 13.2. The number of piperazine rings is 1. The summed E-state index contributed by atoms with van der Waals surface area (Å²) in [5.74, 6) is 2.15. The van der Waals surface area contributed by atoms with Gasteiger partial charge in [0.1, 0.15) is 17.5 Å². The minimum absolute atomic E-state index is 0.0113. The normalized spacial score (nSPS) is 21.8. The SMILES string of the molecule is COc1cc(C(=O)NC[C@H]2c3c(O)c(OC)c(C)c(OC)c3C[C@H]3[C@H]4c5c(O)c(OC)c(C)c(OC)c5C[C@@H]([C@H](C#N)N23)N4C)cc(OC)c1OC. The van der Waals surface area contributed by atoms with Crippen molar-refractivity contribution in [3.8, 4) is 57.8 Å². The maximum absolute atomic E-state index is 13.9. The van der Waals surface area contributed by atoms with E-state index in [1.807, 2.05) is 20.9 Å². The maximum Gasteiger partial charge on any atom is 0.251 e. The topological polar surface area (TPSA) is 164 Å². The molecule has 6 rings (SSSR count). The lowest BCUT2D eigenvalue weighted by atomic mass is 9.71. The smallest absolute Gasteiger partial charge is 0.251 e. The van der Waals surface area contributed by atoms with E-state index in [2.05, 4.69) is 21.2 Å². The van der Waals surface area contributed by atoms with Gasteiger partial charge in [-0.2, -0.15) is 5.26 Å². The highest BCUT2D eigenvalue weighted by molar-refractivity contribution is 5.95. The predicted octanol–water partition coefficient (Wildman–Crippen LogP) is 3.98. The number of carbonyl (C=O) groups excluding carboxylic acids is 1. The summed E-state index contributed by atoms with van der Waals surface area (Å²) in [5, 5.41) is 37.8. The van der Waals surface area contributed by atoms with E-state index in [0.717, 1.165) is 5.56 Å². The number of carbonyl (C=O) groups is 1. The fourth-order valence-electron chi connectivity index (χ4n) is 8.92. The molecule has 278 valence electrons. The lowest BCUT2D eigenvalue weighted by Crippen LogP contribution is -2.68. The molecular weight excluding hydrogens is 672 g/mol. The van der Waals surface area contributed by atoms with Gasteiger partial charge in [0.2, 0.25) is 5.75 Å². The zero-order chi connectivity index (χ0) is 37.8. The molecule has 1 fully saturated rings. The first-order valence-electron chi connectivity index (χ1n) is 16.9. The van der Waals surface area contributed by atoms with Gasteiger partial charge in [0.25, 0.3) is 5.91 Å². The van der Waals surface area contributed by atoms with Gasteiger partial charge in [0, 0.05) is 57.6 Å². The van der Waals surface area contributed by atoms with Crippen LogP contribution in [0.1, 0.15) is 55.8 Å². The molecule has 0 aromatic heterocycles. The van der Waals surface area contributed by atoms with Crippen LogP contribution in [0.25, 0.3) is 0 Å². The van der Waals surface area contributed by atoms with Gasteiger partial charge >= 0.3 is 0 Å². The van der Waals surface area contributed by atoms with Crippen LogP contribution < -0.4 is 38.5 Å². The molecule has 0 radical (unpaired) electrons. The number of ether oxygens (including phenoxy) is 7. The van der Waals surface area contributed by atoms with Gasteiger partial charge in [-0.15, -0.1) is 0 Å². The van der Waals surface area contributed by atoms with Crippen molar-refractivity contribution in [1.29, 1.82) is 5.26 Å². The molecule has 3 aliphatic heterocycles. The van der Waals surface area contributed by atoms with Crippen molar-refractivity contribution in [1.82, 2.24) is 15.1 Å². The van der Waals surface area contributed by atoms with Crippen molar-refractivity contribution in [2.45, 2.75) is 56.9 Å². The Hall–Kier alpha value is -5.26. The van der Waals surface area contributed by atoms with Crippen molar-refractivity contribution in [3.63, 3.8) is 0 Å². The summed E-state index contributed by atoms with van der Waals surface area (Å²) >= 11 is 0. The number of nitrogens with one attached hydrogen (secondary N) is 1. The third kappa shape index (κ3) is 5.25. The predicted molar refractivity (Wildman–Crippen MR) is 190 cm³/mol. The number of phenolic OH excluding ortho intramolecular Hbond substituents is 2. The molecule has 3 aliphatic rings. The highest BCUT2D eigenvalue weighted by Crippen LogP contribution is 2.59. The average Bonchev–Trinajstić information content (AvgIpc) is 3.14. The van der Waals surface area contributed by atoms with Crippen molar-refractivity contribution in [2.24, 2.45) is 0 Å². The fraction of sp³-hybridized carbons (Fsp3) is 0.474. The molecule has 14 heteroatoms. The monoisotopic (exact) mass is 718 g/mol. The third-order valence-electron chi connectivity index (χ3n) is 11.0. The van der Waals surface area contributed by atoms with Gasteiger partial charge in [-0.3, -0.25) is 14.6 Å². The molecule has 52 heavy (non-hydrogen) atoms. The molecule has 3 N–H and O–H groups in total. The molecule has 3 heterocycles. The number of nitriles is 1. The lowest BCUT2D eigenvalue weighted by molar-refractivity contribution is -0.0724. The van der Waals surface area contributed by atoms with E-state index >= 15 is 0 Å². The van der Waals surface area contributed by atoms with Crippen molar-refractivity contribution in [2.75, 3.05) is 63.4 Å². The van der Waals surface area contributed by atoms with Gasteiger partial charge in [0.15, 0.2) is 34.5 Å². The molecule has 2 bridgehead atoms. The Balaban J connectivity index is 1.55. The molecule has 3 aromatic carbocycles. The van der Waals surface area contributed by atoms with Gasteiger partial charge < -0.3 is 48.7 Å². The third-order valence-corrected chi connectivity index (χ3v) is 11.0. The largest absolute Gasteiger partial charge is 0.504 e. The molecule has 14 nitrogen and oxygen atoms in total. The Morgan fingerprint density at radius 1 is 0.769 bits per heavy atom. The Morgan fingerprint density at radius 2 is 1.25 bits per heavy atom. The van der Waals surface area contributed by atoms with Crippen molar-refractivity contribution >= 4 is 5.91 Å². The maximum atomic E-state index is 13.9. The summed E-state index contributed by atoms with van der Waals surface area (Å²) in [6, 6.07) is 3.02. The zero-order valence-corrected chi connectivity index (χ0v) is 31.2. The average molecular weight is 719 g/mol. The fourth-order valence-corrected chi connectivity index (χ4v) is 8.92. The number of rotatable bonds is 10. The first kappa shape index (κ1) is 36.5. The standard InChI is InChI=1S/C38H46N4O10/c1-17-33(48-6)20-14-23-30-29-21(34(49-7)18(2)36(51-9)32(29)44)13-22(41(30)3)24(15-39)42(23)25(28(20)31(43)35(17)50-8)16-40-38(45)19-11-26(46-4)37(52-10)27(12-19)47-5/h11-12,22-25,30,43-44H,13-14,16H2,1-10H3,(H,40,45)/t22-,23-,24-,25-,30-/m0/s1. The molecule has 0 aliphatic carbocycles.